The van der Waals surface area contributed by atoms with Crippen molar-refractivity contribution < 1.29 is 9.53 Å². The van der Waals surface area contributed by atoms with Crippen LogP contribution in [0.2, 0.25) is 0 Å². The SMILES string of the molecule is COc1cc(C(=O)N2CC3CC4CC2[C@H]43)cc2nc(-c3cc4ccccc4[nH]3)n(Cc3cn[nH]c3)c12. The van der Waals surface area contributed by atoms with Crippen molar-refractivity contribution in [1.82, 2.24) is 29.6 Å². The van der Waals surface area contributed by atoms with Crippen LogP contribution < -0.4 is 4.74 Å². The number of rotatable bonds is 5. The number of para-hydroxylation sites is 1. The number of H-pyrrole nitrogens is 2. The van der Waals surface area contributed by atoms with E-state index in [0.717, 1.165) is 63.8 Å². The molecule has 180 valence electrons. The van der Waals surface area contributed by atoms with Crippen LogP contribution in [-0.2, 0) is 6.54 Å². The molecule has 36 heavy (non-hydrogen) atoms. The monoisotopic (exact) mass is 478 g/mol. The number of fused-ring (bicyclic) bond motifs is 2. The molecule has 2 saturated carbocycles. The number of ether oxygens (including phenoxy) is 1. The van der Waals surface area contributed by atoms with E-state index in [1.165, 1.54) is 6.42 Å². The Balaban J connectivity index is 1.28. The van der Waals surface area contributed by atoms with Crippen LogP contribution in [0.1, 0.15) is 28.8 Å². The van der Waals surface area contributed by atoms with Gasteiger partial charge in [0.25, 0.3) is 5.91 Å². The van der Waals surface area contributed by atoms with E-state index < -0.39 is 0 Å². The quantitative estimate of drug-likeness (QED) is 0.391. The van der Waals surface area contributed by atoms with Gasteiger partial charge in [-0.25, -0.2) is 4.98 Å². The fourth-order valence-electron chi connectivity index (χ4n) is 6.97. The fraction of sp³-hybridized carbons (Fsp3) is 0.321. The number of hydrogen-bond donors (Lipinski definition) is 2. The second-order valence-electron chi connectivity index (χ2n) is 10.5. The molecule has 0 spiro atoms. The summed E-state index contributed by atoms with van der Waals surface area (Å²) in [7, 11) is 1.66. The lowest BCUT2D eigenvalue weighted by molar-refractivity contribution is -0.0204. The maximum Gasteiger partial charge on any atom is 0.254 e. The molecule has 4 atom stereocenters. The number of nitrogens with zero attached hydrogens (tertiary/aromatic N) is 4. The highest BCUT2D eigenvalue weighted by Crippen LogP contribution is 2.60. The van der Waals surface area contributed by atoms with E-state index in [9.17, 15) is 4.79 Å². The minimum atomic E-state index is 0.101. The number of benzene rings is 2. The minimum absolute atomic E-state index is 0.101. The van der Waals surface area contributed by atoms with Gasteiger partial charge in [0.15, 0.2) is 5.82 Å². The molecule has 2 N–H and O–H groups in total. The minimum Gasteiger partial charge on any atom is -0.494 e. The summed E-state index contributed by atoms with van der Waals surface area (Å²) in [5.41, 5.74) is 5.28. The molecule has 1 saturated heterocycles. The molecule has 0 bridgehead atoms. The molecule has 8 rings (SSSR count). The topological polar surface area (TPSA) is 91.8 Å². The highest BCUT2D eigenvalue weighted by Gasteiger charge is 2.61. The average Bonchev–Trinajstić information content (AvgIpc) is 3.63. The zero-order valence-corrected chi connectivity index (χ0v) is 19.9. The van der Waals surface area contributed by atoms with Gasteiger partial charge in [-0.15, -0.1) is 0 Å². The molecular formula is C28H26N6O2. The Morgan fingerprint density at radius 1 is 1.17 bits per heavy atom. The third kappa shape index (κ3) is 2.72. The van der Waals surface area contributed by atoms with Crippen LogP contribution in [0, 0.1) is 17.8 Å². The molecule has 2 aromatic carbocycles. The number of nitrogens with one attached hydrogen (secondary N) is 2. The molecule has 3 unspecified atom stereocenters. The van der Waals surface area contributed by atoms with Crippen molar-refractivity contribution in [3.05, 3.63) is 66.0 Å². The molecule has 5 aromatic rings. The van der Waals surface area contributed by atoms with Crippen LogP contribution >= 0.6 is 0 Å². The molecule has 3 aromatic heterocycles. The summed E-state index contributed by atoms with van der Waals surface area (Å²) >= 11 is 0. The molecule has 3 aliphatic rings. The zero-order chi connectivity index (χ0) is 24.0. The Kier molecular flexibility index (Phi) is 4.04. The maximum atomic E-state index is 13.7. The van der Waals surface area contributed by atoms with Gasteiger partial charge in [-0.1, -0.05) is 18.2 Å². The highest BCUT2D eigenvalue weighted by molar-refractivity contribution is 6.00. The van der Waals surface area contributed by atoms with E-state index in [1.54, 1.807) is 7.11 Å². The van der Waals surface area contributed by atoms with Crippen LogP contribution in [0.15, 0.2) is 54.9 Å². The van der Waals surface area contributed by atoms with Gasteiger partial charge in [-0.3, -0.25) is 9.89 Å². The Hall–Kier alpha value is -4.07. The van der Waals surface area contributed by atoms with Crippen molar-refractivity contribution >= 4 is 27.8 Å². The van der Waals surface area contributed by atoms with Crippen LogP contribution in [0.5, 0.6) is 5.75 Å². The Morgan fingerprint density at radius 2 is 2.08 bits per heavy atom. The van der Waals surface area contributed by atoms with Crippen molar-refractivity contribution in [2.45, 2.75) is 25.4 Å². The molecule has 4 heterocycles. The third-order valence-corrected chi connectivity index (χ3v) is 8.72. The van der Waals surface area contributed by atoms with Crippen molar-refractivity contribution in [2.75, 3.05) is 13.7 Å². The second kappa shape index (κ2) is 7.22. The van der Waals surface area contributed by atoms with Crippen LogP contribution in [-0.4, -0.2) is 55.2 Å². The molecule has 1 aliphatic heterocycles. The average molecular weight is 479 g/mol. The number of carbonyl (C=O) groups excluding carboxylic acids is 1. The number of carbonyl (C=O) groups is 1. The largest absolute Gasteiger partial charge is 0.494 e. The summed E-state index contributed by atoms with van der Waals surface area (Å²) < 4.78 is 8.02. The van der Waals surface area contributed by atoms with Gasteiger partial charge in [0.2, 0.25) is 0 Å². The van der Waals surface area contributed by atoms with E-state index >= 15 is 0 Å². The number of methoxy groups -OCH3 is 1. The molecule has 2 aliphatic carbocycles. The molecule has 0 radical (unpaired) electrons. The molecule has 8 heteroatoms. The van der Waals surface area contributed by atoms with Gasteiger partial charge in [-0.2, -0.15) is 5.10 Å². The number of amides is 1. The summed E-state index contributed by atoms with van der Waals surface area (Å²) in [5.74, 6) is 3.85. The van der Waals surface area contributed by atoms with Crippen LogP contribution in [0.4, 0.5) is 0 Å². The summed E-state index contributed by atoms with van der Waals surface area (Å²) in [6.07, 6.45) is 6.16. The first-order valence-corrected chi connectivity index (χ1v) is 12.6. The Bertz CT molecular complexity index is 1610. The first kappa shape index (κ1) is 20.2. The lowest BCUT2D eigenvalue weighted by Crippen LogP contribution is -2.53. The van der Waals surface area contributed by atoms with E-state index in [1.807, 2.05) is 36.7 Å². The van der Waals surface area contributed by atoms with E-state index in [-0.39, 0.29) is 5.91 Å². The number of aromatic amines is 2. The van der Waals surface area contributed by atoms with Crippen molar-refractivity contribution in [3.63, 3.8) is 0 Å². The van der Waals surface area contributed by atoms with Gasteiger partial charge in [-0.05, 0) is 54.9 Å². The third-order valence-electron chi connectivity index (χ3n) is 8.72. The standard InChI is InChI=1S/C28H26N6O2/c1-36-24-10-18(28(35)33-14-19-6-17-9-23(33)25(17)19)8-21-26(24)34(13-15-11-29-30-12-15)27(32-21)22-7-16-4-2-3-5-20(16)31-22/h2-5,7-8,10-12,17,19,23,25,31H,6,9,13-14H2,1H3,(H,29,30)/t17?,19?,23?,25-/m1/s1. The second-order valence-corrected chi connectivity index (χ2v) is 10.5. The van der Waals surface area contributed by atoms with Gasteiger partial charge in [0, 0.05) is 40.8 Å². The van der Waals surface area contributed by atoms with Crippen molar-refractivity contribution in [3.8, 4) is 17.3 Å². The molecule has 1 amide bonds. The van der Waals surface area contributed by atoms with Crippen LogP contribution in [0.25, 0.3) is 33.5 Å². The maximum absolute atomic E-state index is 13.7. The summed E-state index contributed by atoms with van der Waals surface area (Å²) in [6, 6.07) is 14.6. The highest BCUT2D eigenvalue weighted by atomic mass is 16.5. The van der Waals surface area contributed by atoms with E-state index in [4.69, 9.17) is 9.72 Å². The van der Waals surface area contributed by atoms with Gasteiger partial charge < -0.3 is 19.2 Å². The smallest absolute Gasteiger partial charge is 0.254 e. The van der Waals surface area contributed by atoms with Crippen molar-refractivity contribution in [2.24, 2.45) is 17.8 Å². The van der Waals surface area contributed by atoms with Gasteiger partial charge >= 0.3 is 0 Å². The first-order valence-electron chi connectivity index (χ1n) is 12.6. The Morgan fingerprint density at radius 3 is 2.86 bits per heavy atom. The first-order chi connectivity index (χ1) is 17.7. The zero-order valence-electron chi connectivity index (χ0n) is 19.9. The van der Waals surface area contributed by atoms with E-state index in [2.05, 4.69) is 42.8 Å². The summed E-state index contributed by atoms with van der Waals surface area (Å²) in [6.45, 7) is 1.46. The molecule has 3 fully saturated rings. The summed E-state index contributed by atoms with van der Waals surface area (Å²) in [5, 5.41) is 8.15. The number of likely N-dealkylation sites (tertiary alicyclic amines) is 1. The van der Waals surface area contributed by atoms with Gasteiger partial charge in [0.05, 0.1) is 31.1 Å². The number of imidazole rings is 1. The lowest BCUT2D eigenvalue weighted by atomic mass is 9.53. The molecule has 8 nitrogen and oxygen atoms in total. The predicted molar refractivity (Wildman–Crippen MR) is 136 cm³/mol. The molecular weight excluding hydrogens is 452 g/mol. The number of aromatic nitrogens is 5. The van der Waals surface area contributed by atoms with E-state index in [0.29, 0.717) is 29.8 Å². The van der Waals surface area contributed by atoms with Crippen molar-refractivity contribution in [1.29, 1.82) is 0 Å². The normalized spacial score (nSPS) is 24.1. The lowest BCUT2D eigenvalue weighted by Gasteiger charge is -2.52. The van der Waals surface area contributed by atoms with Crippen LogP contribution in [0.3, 0.4) is 0 Å². The van der Waals surface area contributed by atoms with Gasteiger partial charge in [0.1, 0.15) is 11.3 Å². The Labute approximate surface area is 207 Å². The number of hydrogen-bond acceptors (Lipinski definition) is 4. The fourth-order valence-corrected chi connectivity index (χ4v) is 6.97. The predicted octanol–water partition coefficient (Wildman–Crippen LogP) is 4.45. The summed E-state index contributed by atoms with van der Waals surface area (Å²) in [4.78, 5) is 24.4.